The topological polar surface area (TPSA) is 68.6 Å². The van der Waals surface area contributed by atoms with Crippen molar-refractivity contribution in [3.8, 4) is 11.4 Å². The summed E-state index contributed by atoms with van der Waals surface area (Å²) < 4.78 is 12.6. The third-order valence-corrected chi connectivity index (χ3v) is 4.37. The molecule has 26 heavy (non-hydrogen) atoms. The van der Waals surface area contributed by atoms with E-state index in [2.05, 4.69) is 10.4 Å². The molecule has 0 unspecified atom stereocenters. The van der Waals surface area contributed by atoms with E-state index in [1.807, 2.05) is 53.3 Å². The summed E-state index contributed by atoms with van der Waals surface area (Å²) in [6.45, 7) is 2.40. The molecule has 7 nitrogen and oxygen atoms in total. The van der Waals surface area contributed by atoms with Crippen LogP contribution < -0.4 is 10.1 Å². The molecule has 3 rings (SSSR count). The van der Waals surface area contributed by atoms with Crippen LogP contribution in [-0.2, 0) is 16.1 Å². The van der Waals surface area contributed by atoms with Gasteiger partial charge in [-0.1, -0.05) is 6.07 Å². The summed E-state index contributed by atoms with van der Waals surface area (Å²) in [7, 11) is 3.57. The maximum Gasteiger partial charge on any atom is 0.234 e. The maximum atomic E-state index is 12.1. The fourth-order valence-corrected chi connectivity index (χ4v) is 3.04. The van der Waals surface area contributed by atoms with Crippen molar-refractivity contribution in [1.82, 2.24) is 20.0 Å². The summed E-state index contributed by atoms with van der Waals surface area (Å²) in [5.41, 5.74) is 1.98. The number of carbonyl (C=O) groups excluding carboxylic acids is 1. The van der Waals surface area contributed by atoms with E-state index in [4.69, 9.17) is 9.47 Å². The lowest BCUT2D eigenvalue weighted by Crippen LogP contribution is -2.38. The van der Waals surface area contributed by atoms with Gasteiger partial charge in [0.25, 0.3) is 0 Å². The Labute approximate surface area is 153 Å². The Morgan fingerprint density at radius 2 is 2.38 bits per heavy atom. The van der Waals surface area contributed by atoms with E-state index in [9.17, 15) is 4.79 Å². The average molecular weight is 358 g/mol. The van der Waals surface area contributed by atoms with Crippen LogP contribution in [0.3, 0.4) is 0 Å². The minimum Gasteiger partial charge on any atom is -0.497 e. The van der Waals surface area contributed by atoms with Crippen LogP contribution in [0.25, 0.3) is 5.69 Å². The third kappa shape index (κ3) is 5.06. The zero-order valence-electron chi connectivity index (χ0n) is 15.4. The second-order valence-electron chi connectivity index (χ2n) is 6.61. The summed E-state index contributed by atoms with van der Waals surface area (Å²) in [5.74, 6) is 0.808. The van der Waals surface area contributed by atoms with Crippen molar-refractivity contribution in [3.63, 3.8) is 0 Å². The number of hydrogen-bond donors (Lipinski definition) is 1. The molecule has 1 saturated heterocycles. The zero-order chi connectivity index (χ0) is 18.4. The molecule has 1 aliphatic rings. The van der Waals surface area contributed by atoms with E-state index in [0.717, 1.165) is 36.4 Å². The molecular formula is C19H26N4O3. The van der Waals surface area contributed by atoms with Gasteiger partial charge in [-0.25, -0.2) is 4.68 Å². The molecule has 0 radical (unpaired) electrons. The first-order valence-corrected chi connectivity index (χ1v) is 8.89. The fraction of sp³-hybridized carbons (Fsp3) is 0.474. The Morgan fingerprint density at radius 3 is 3.15 bits per heavy atom. The van der Waals surface area contributed by atoms with Crippen LogP contribution in [0.15, 0.2) is 36.7 Å². The van der Waals surface area contributed by atoms with Crippen molar-refractivity contribution in [2.24, 2.45) is 0 Å². The molecule has 1 amide bonds. The highest BCUT2D eigenvalue weighted by molar-refractivity contribution is 5.78. The van der Waals surface area contributed by atoms with Gasteiger partial charge in [-0.2, -0.15) is 5.10 Å². The fourth-order valence-electron chi connectivity index (χ4n) is 3.04. The number of amides is 1. The number of aromatic nitrogens is 2. The van der Waals surface area contributed by atoms with Crippen molar-refractivity contribution in [2.45, 2.75) is 25.5 Å². The monoisotopic (exact) mass is 358 g/mol. The van der Waals surface area contributed by atoms with Gasteiger partial charge in [-0.05, 0) is 32.0 Å². The lowest BCUT2D eigenvalue weighted by molar-refractivity contribution is -0.122. The Bertz CT molecular complexity index is 725. The molecular weight excluding hydrogens is 332 g/mol. The SMILES string of the molecule is COc1cccc(-n2cc(CN(C)CC(=O)NC[C@H]3CCCO3)cn2)c1. The number of rotatable bonds is 8. The highest BCUT2D eigenvalue weighted by Crippen LogP contribution is 2.16. The Balaban J connectivity index is 1.49. The first-order valence-electron chi connectivity index (χ1n) is 8.89. The Morgan fingerprint density at radius 1 is 1.50 bits per heavy atom. The normalized spacial score (nSPS) is 16.8. The van der Waals surface area contributed by atoms with E-state index in [1.54, 1.807) is 7.11 Å². The smallest absolute Gasteiger partial charge is 0.234 e. The van der Waals surface area contributed by atoms with Gasteiger partial charge in [0.05, 0.1) is 31.6 Å². The molecule has 1 aliphatic heterocycles. The van der Waals surface area contributed by atoms with Gasteiger partial charge >= 0.3 is 0 Å². The molecule has 1 aromatic heterocycles. The van der Waals surface area contributed by atoms with Crippen LogP contribution in [-0.4, -0.2) is 60.5 Å². The molecule has 1 N–H and O–H groups in total. The standard InChI is InChI=1S/C19H26N4O3/c1-22(14-19(24)20-11-18-7-4-8-26-18)12-15-10-21-23(13-15)16-5-3-6-17(9-16)25-2/h3,5-6,9-10,13,18H,4,7-8,11-12,14H2,1-2H3,(H,20,24)/t18-/m1/s1. The van der Waals surface area contributed by atoms with Crippen LogP contribution in [0.5, 0.6) is 5.75 Å². The largest absolute Gasteiger partial charge is 0.497 e. The van der Waals surface area contributed by atoms with E-state index >= 15 is 0 Å². The van der Waals surface area contributed by atoms with E-state index in [-0.39, 0.29) is 12.0 Å². The number of carbonyl (C=O) groups is 1. The zero-order valence-corrected chi connectivity index (χ0v) is 15.4. The van der Waals surface area contributed by atoms with Gasteiger partial charge in [-0.3, -0.25) is 9.69 Å². The molecule has 0 aliphatic carbocycles. The number of methoxy groups -OCH3 is 1. The summed E-state index contributed by atoms with van der Waals surface area (Å²) >= 11 is 0. The van der Waals surface area contributed by atoms with Crippen LogP contribution in [0.1, 0.15) is 18.4 Å². The van der Waals surface area contributed by atoms with Crippen molar-refractivity contribution in [2.75, 3.05) is 33.9 Å². The summed E-state index contributed by atoms with van der Waals surface area (Å²) in [6, 6.07) is 7.73. The van der Waals surface area contributed by atoms with Crippen molar-refractivity contribution < 1.29 is 14.3 Å². The maximum absolute atomic E-state index is 12.1. The summed E-state index contributed by atoms with van der Waals surface area (Å²) in [5, 5.41) is 7.34. The summed E-state index contributed by atoms with van der Waals surface area (Å²) in [6.07, 6.45) is 6.07. The molecule has 2 aromatic rings. The highest BCUT2D eigenvalue weighted by atomic mass is 16.5. The minimum atomic E-state index is 0.0168. The summed E-state index contributed by atoms with van der Waals surface area (Å²) in [4.78, 5) is 14.0. The lowest BCUT2D eigenvalue weighted by Gasteiger charge is -2.16. The van der Waals surface area contributed by atoms with Gasteiger partial charge in [0.2, 0.25) is 5.91 Å². The number of nitrogens with one attached hydrogen (secondary N) is 1. The van der Waals surface area contributed by atoms with Crippen molar-refractivity contribution in [3.05, 3.63) is 42.2 Å². The van der Waals surface area contributed by atoms with Crippen LogP contribution >= 0.6 is 0 Å². The lowest BCUT2D eigenvalue weighted by atomic mass is 10.2. The second kappa shape index (κ2) is 8.82. The van der Waals surface area contributed by atoms with Gasteiger partial charge < -0.3 is 14.8 Å². The van der Waals surface area contributed by atoms with Crippen LogP contribution in [0.2, 0.25) is 0 Å². The number of benzene rings is 1. The predicted molar refractivity (Wildman–Crippen MR) is 98.4 cm³/mol. The van der Waals surface area contributed by atoms with Crippen molar-refractivity contribution >= 4 is 5.91 Å². The molecule has 0 spiro atoms. The van der Waals surface area contributed by atoms with E-state index in [1.165, 1.54) is 0 Å². The van der Waals surface area contributed by atoms with E-state index < -0.39 is 0 Å². The molecule has 7 heteroatoms. The van der Waals surface area contributed by atoms with Crippen LogP contribution in [0, 0.1) is 0 Å². The van der Waals surface area contributed by atoms with Gasteiger partial charge in [-0.15, -0.1) is 0 Å². The van der Waals surface area contributed by atoms with Crippen molar-refractivity contribution in [1.29, 1.82) is 0 Å². The third-order valence-electron chi connectivity index (χ3n) is 4.37. The minimum absolute atomic E-state index is 0.0168. The van der Waals surface area contributed by atoms with Gasteiger partial charge in [0.1, 0.15) is 5.75 Å². The number of ether oxygens (including phenoxy) is 2. The van der Waals surface area contributed by atoms with Gasteiger partial charge in [0, 0.05) is 37.5 Å². The first kappa shape index (κ1) is 18.4. The molecule has 0 saturated carbocycles. The average Bonchev–Trinajstić information content (AvgIpc) is 3.32. The predicted octanol–water partition coefficient (Wildman–Crippen LogP) is 1.61. The molecule has 140 valence electrons. The molecule has 1 atom stereocenters. The van der Waals surface area contributed by atoms with E-state index in [0.29, 0.717) is 19.6 Å². The number of nitrogens with zero attached hydrogens (tertiary/aromatic N) is 3. The number of hydrogen-bond acceptors (Lipinski definition) is 5. The van der Waals surface area contributed by atoms with Crippen LogP contribution in [0.4, 0.5) is 0 Å². The van der Waals surface area contributed by atoms with Gasteiger partial charge in [0.15, 0.2) is 0 Å². The quantitative estimate of drug-likeness (QED) is 0.776. The number of likely N-dealkylation sites (N-methyl/N-ethyl adjacent to an activating group) is 1. The first-order chi connectivity index (χ1) is 12.6. The molecule has 1 fully saturated rings. The Kier molecular flexibility index (Phi) is 6.25. The highest BCUT2D eigenvalue weighted by Gasteiger charge is 2.16. The Hall–Kier alpha value is -2.38. The molecule has 0 bridgehead atoms. The molecule has 1 aromatic carbocycles. The molecule has 2 heterocycles. The second-order valence-corrected chi connectivity index (χ2v) is 6.61.